The molecule has 0 aromatic heterocycles. The molecule has 0 amide bonds. The molecule has 5 atom stereocenters. The van der Waals surface area contributed by atoms with Crippen molar-refractivity contribution in [2.45, 2.75) is 37.4 Å². The number of fused-ring (bicyclic) bond motifs is 2. The van der Waals surface area contributed by atoms with Gasteiger partial charge in [0.15, 0.2) is 5.78 Å². The highest BCUT2D eigenvalue weighted by atomic mass is 16.8. The summed E-state index contributed by atoms with van der Waals surface area (Å²) in [6.45, 7) is 3.76. The fraction of sp³-hybridized carbons (Fsp3) is 0.643. The van der Waals surface area contributed by atoms with Crippen molar-refractivity contribution >= 4 is 5.78 Å². The van der Waals surface area contributed by atoms with Gasteiger partial charge in [-0.25, -0.2) is 0 Å². The second-order valence-electron chi connectivity index (χ2n) is 6.18. The Morgan fingerprint density at radius 1 is 1.47 bits per heavy atom. The van der Waals surface area contributed by atoms with E-state index in [1.807, 2.05) is 6.92 Å². The second-order valence-corrected chi connectivity index (χ2v) is 6.18. The Labute approximate surface area is 110 Å². The van der Waals surface area contributed by atoms with Crippen molar-refractivity contribution in [3.8, 4) is 0 Å². The average Bonchev–Trinajstić information content (AvgIpc) is 3.07. The highest BCUT2D eigenvalue weighted by molar-refractivity contribution is 6.02. The Kier molecular flexibility index (Phi) is 1.77. The van der Waals surface area contributed by atoms with Crippen LogP contribution in [-0.2, 0) is 14.3 Å². The third-order valence-corrected chi connectivity index (χ3v) is 5.17. The first-order valence-corrected chi connectivity index (χ1v) is 6.52. The Hall–Kier alpha value is -1.01. The SMILES string of the molecule is C/C=C\C1=CC(=O)[C@]23C[C@H]2[C@]2(C)CO[C@@]1(O)[C@@]3(O)O2. The highest BCUT2D eigenvalue weighted by Gasteiger charge is 2.91. The lowest BCUT2D eigenvalue weighted by molar-refractivity contribution is -0.432. The monoisotopic (exact) mass is 264 g/mol. The summed E-state index contributed by atoms with van der Waals surface area (Å²) in [6.07, 6.45) is 5.19. The molecule has 2 bridgehead atoms. The fourth-order valence-electron chi connectivity index (χ4n) is 4.15. The minimum absolute atomic E-state index is 0.0880. The molecular weight excluding hydrogens is 248 g/mol. The van der Waals surface area contributed by atoms with Gasteiger partial charge in [0.2, 0.25) is 11.6 Å². The van der Waals surface area contributed by atoms with Gasteiger partial charge in [0.1, 0.15) is 0 Å². The van der Waals surface area contributed by atoms with Gasteiger partial charge >= 0.3 is 0 Å². The van der Waals surface area contributed by atoms with Gasteiger partial charge in [0, 0.05) is 11.5 Å². The Morgan fingerprint density at radius 2 is 2.21 bits per heavy atom. The molecule has 4 rings (SSSR count). The number of ketones is 1. The van der Waals surface area contributed by atoms with Crippen LogP contribution in [0.25, 0.3) is 0 Å². The van der Waals surface area contributed by atoms with E-state index in [0.717, 1.165) is 0 Å². The van der Waals surface area contributed by atoms with Crippen molar-refractivity contribution in [1.82, 2.24) is 0 Å². The van der Waals surface area contributed by atoms with Crippen molar-refractivity contribution in [1.29, 1.82) is 0 Å². The lowest BCUT2D eigenvalue weighted by atomic mass is 9.74. The van der Waals surface area contributed by atoms with Crippen LogP contribution in [0, 0.1) is 11.3 Å². The van der Waals surface area contributed by atoms with E-state index in [1.54, 1.807) is 19.1 Å². The van der Waals surface area contributed by atoms with E-state index < -0.39 is 22.6 Å². The van der Waals surface area contributed by atoms with E-state index in [0.29, 0.717) is 6.42 Å². The van der Waals surface area contributed by atoms with Crippen molar-refractivity contribution in [3.63, 3.8) is 0 Å². The molecule has 0 unspecified atom stereocenters. The molecule has 1 spiro atoms. The molecule has 2 aliphatic carbocycles. The first-order valence-electron chi connectivity index (χ1n) is 6.52. The maximum atomic E-state index is 12.4. The van der Waals surface area contributed by atoms with E-state index in [2.05, 4.69) is 0 Å². The van der Waals surface area contributed by atoms with Gasteiger partial charge in [-0.2, -0.15) is 0 Å². The average molecular weight is 264 g/mol. The molecule has 2 N–H and O–H groups in total. The Bertz CT molecular complexity index is 566. The van der Waals surface area contributed by atoms with Crippen LogP contribution in [0.3, 0.4) is 0 Å². The summed E-state index contributed by atoms with van der Waals surface area (Å²) in [5, 5.41) is 21.7. The molecule has 19 heavy (non-hydrogen) atoms. The molecule has 0 radical (unpaired) electrons. The molecule has 0 aromatic carbocycles. The number of ether oxygens (including phenoxy) is 2. The van der Waals surface area contributed by atoms with Crippen LogP contribution in [0.15, 0.2) is 23.8 Å². The van der Waals surface area contributed by atoms with Gasteiger partial charge in [-0.05, 0) is 26.3 Å². The van der Waals surface area contributed by atoms with E-state index >= 15 is 0 Å². The summed E-state index contributed by atoms with van der Waals surface area (Å²) in [6, 6.07) is 0. The molecule has 5 heteroatoms. The van der Waals surface area contributed by atoms with Gasteiger partial charge in [-0.1, -0.05) is 12.2 Å². The maximum Gasteiger partial charge on any atom is 0.249 e. The molecular formula is C14H16O5. The van der Waals surface area contributed by atoms with Gasteiger partial charge in [-0.3, -0.25) is 4.79 Å². The van der Waals surface area contributed by atoms with Crippen molar-refractivity contribution < 1.29 is 24.5 Å². The first kappa shape index (κ1) is 11.8. The molecule has 3 fully saturated rings. The number of carbonyl (C=O) groups excluding carboxylic acids is 1. The predicted molar refractivity (Wildman–Crippen MR) is 63.8 cm³/mol. The van der Waals surface area contributed by atoms with Crippen LogP contribution < -0.4 is 0 Å². The fourth-order valence-corrected chi connectivity index (χ4v) is 4.15. The van der Waals surface area contributed by atoms with Crippen molar-refractivity contribution in [2.75, 3.05) is 6.61 Å². The van der Waals surface area contributed by atoms with Gasteiger partial charge in [0.05, 0.1) is 17.6 Å². The zero-order valence-corrected chi connectivity index (χ0v) is 10.8. The van der Waals surface area contributed by atoms with E-state index in [9.17, 15) is 15.0 Å². The topological polar surface area (TPSA) is 76.0 Å². The smallest absolute Gasteiger partial charge is 0.249 e. The molecule has 102 valence electrons. The minimum Gasteiger partial charge on any atom is -0.360 e. The number of rotatable bonds is 1. The second kappa shape index (κ2) is 2.86. The minimum atomic E-state index is -1.97. The third-order valence-electron chi connectivity index (χ3n) is 5.17. The summed E-state index contributed by atoms with van der Waals surface area (Å²) in [5.41, 5.74) is -1.48. The molecule has 1 saturated carbocycles. The number of carbonyl (C=O) groups is 1. The molecule has 4 aliphatic rings. The summed E-state index contributed by atoms with van der Waals surface area (Å²) in [5.74, 6) is -4.20. The summed E-state index contributed by atoms with van der Waals surface area (Å²) >= 11 is 0. The maximum absolute atomic E-state index is 12.4. The lowest BCUT2D eigenvalue weighted by Gasteiger charge is -2.52. The molecule has 0 aromatic rings. The first-order chi connectivity index (χ1) is 8.84. The third kappa shape index (κ3) is 0.932. The number of hydrogen-bond acceptors (Lipinski definition) is 5. The van der Waals surface area contributed by atoms with E-state index in [1.165, 1.54) is 6.08 Å². The lowest BCUT2D eigenvalue weighted by Crippen LogP contribution is -2.69. The van der Waals surface area contributed by atoms with Gasteiger partial charge in [-0.15, -0.1) is 0 Å². The quantitative estimate of drug-likeness (QED) is 0.711. The van der Waals surface area contributed by atoms with Gasteiger partial charge < -0.3 is 19.7 Å². The number of aliphatic hydroxyl groups is 2. The summed E-state index contributed by atoms with van der Waals surface area (Å²) < 4.78 is 11.3. The van der Waals surface area contributed by atoms with Crippen LogP contribution in [-0.4, -0.2) is 39.8 Å². The molecule has 5 nitrogen and oxygen atoms in total. The largest absolute Gasteiger partial charge is 0.360 e. The predicted octanol–water partition coefficient (Wildman–Crippen LogP) is 0.274. The normalized spacial score (nSPS) is 58.2. The van der Waals surface area contributed by atoms with Crippen LogP contribution in [0.1, 0.15) is 20.3 Å². The van der Waals surface area contributed by atoms with E-state index in [4.69, 9.17) is 9.47 Å². The number of hydrogen-bond donors (Lipinski definition) is 2. The van der Waals surface area contributed by atoms with Crippen LogP contribution in [0.2, 0.25) is 0 Å². The van der Waals surface area contributed by atoms with Crippen LogP contribution in [0.4, 0.5) is 0 Å². The standard InChI is InChI=1S/C14H16O5/c1-3-4-8-5-10(15)12-6-9(12)11(2)7-18-13(8,16)14(12,17)19-11/h3-5,9,16-17H,6-7H2,1-2H3/b4-3-/t9-,11-,12-,13+,14-/m0/s1. The Morgan fingerprint density at radius 3 is 2.89 bits per heavy atom. The zero-order valence-electron chi connectivity index (χ0n) is 10.8. The molecule has 2 saturated heterocycles. The molecule has 2 heterocycles. The zero-order chi connectivity index (χ0) is 13.7. The molecule has 2 aliphatic heterocycles. The summed E-state index contributed by atoms with van der Waals surface area (Å²) in [4.78, 5) is 12.4. The Balaban J connectivity index is 1.98. The van der Waals surface area contributed by atoms with E-state index in [-0.39, 0.29) is 23.9 Å². The van der Waals surface area contributed by atoms with Crippen molar-refractivity contribution in [3.05, 3.63) is 23.8 Å². The van der Waals surface area contributed by atoms with Gasteiger partial charge in [0.25, 0.3) is 0 Å². The van der Waals surface area contributed by atoms with Crippen LogP contribution in [0.5, 0.6) is 0 Å². The van der Waals surface area contributed by atoms with Crippen molar-refractivity contribution in [2.24, 2.45) is 11.3 Å². The van der Waals surface area contributed by atoms with Crippen LogP contribution >= 0.6 is 0 Å². The highest BCUT2D eigenvalue weighted by Crippen LogP contribution is 2.77. The summed E-state index contributed by atoms with van der Waals surface area (Å²) in [7, 11) is 0. The number of allylic oxidation sites excluding steroid dienone is 2.